The molecular weight excluding hydrogens is 462 g/mol. The Labute approximate surface area is 210 Å². The smallest absolute Gasteiger partial charge is 0.230 e. The monoisotopic (exact) mass is 494 g/mol. The third-order valence-corrected chi connectivity index (χ3v) is 7.30. The predicted molar refractivity (Wildman–Crippen MR) is 137 cm³/mol. The van der Waals surface area contributed by atoms with Gasteiger partial charge in [-0.3, -0.25) is 4.79 Å². The van der Waals surface area contributed by atoms with Crippen LogP contribution in [-0.4, -0.2) is 37.3 Å². The van der Waals surface area contributed by atoms with Gasteiger partial charge in [-0.05, 0) is 82.8 Å². The van der Waals surface area contributed by atoms with Gasteiger partial charge in [0.15, 0.2) is 11.6 Å². The minimum absolute atomic E-state index is 0.0474. The Kier molecular flexibility index (Phi) is 7.05. The second-order valence-electron chi connectivity index (χ2n) is 9.92. The standard InChI is InChI=1S/C28H32F2N4O2/c1-17-2-6-23-25(34(17)28(35)18-3-4-18)8-7-22(19(15-31)16-33-21-10-12-32-13-11-21)27(23)36-26-9-5-20(29)14-24(26)30/h5,7-9,14-18,21,31-33H,2-4,6,10-13H2,1H3/b19-16+,31-15?/t17-/m0/s1. The van der Waals surface area contributed by atoms with Gasteiger partial charge >= 0.3 is 0 Å². The van der Waals surface area contributed by atoms with Crippen molar-refractivity contribution in [2.75, 3.05) is 18.0 Å². The van der Waals surface area contributed by atoms with Crippen LogP contribution in [0.2, 0.25) is 0 Å². The summed E-state index contributed by atoms with van der Waals surface area (Å²) in [4.78, 5) is 15.0. The number of amides is 1. The van der Waals surface area contributed by atoms with E-state index in [2.05, 4.69) is 10.6 Å². The van der Waals surface area contributed by atoms with E-state index in [0.29, 0.717) is 29.3 Å². The quantitative estimate of drug-likeness (QED) is 0.465. The molecule has 36 heavy (non-hydrogen) atoms. The summed E-state index contributed by atoms with van der Waals surface area (Å²) in [5.41, 5.74) is 2.79. The molecule has 2 fully saturated rings. The molecule has 1 atom stereocenters. The first kappa shape index (κ1) is 24.4. The van der Waals surface area contributed by atoms with Gasteiger partial charge in [0.25, 0.3) is 0 Å². The molecule has 0 unspecified atom stereocenters. The third-order valence-electron chi connectivity index (χ3n) is 7.30. The van der Waals surface area contributed by atoms with Crippen LogP contribution in [-0.2, 0) is 11.2 Å². The van der Waals surface area contributed by atoms with E-state index in [1.807, 2.05) is 30.2 Å². The third kappa shape index (κ3) is 5.00. The average molecular weight is 495 g/mol. The maximum Gasteiger partial charge on any atom is 0.230 e. The van der Waals surface area contributed by atoms with Crippen LogP contribution in [0.5, 0.6) is 11.5 Å². The molecule has 0 spiro atoms. The van der Waals surface area contributed by atoms with E-state index < -0.39 is 11.6 Å². The highest BCUT2D eigenvalue weighted by Crippen LogP contribution is 2.45. The number of rotatable bonds is 7. The van der Waals surface area contributed by atoms with E-state index >= 15 is 0 Å². The van der Waals surface area contributed by atoms with E-state index in [1.165, 1.54) is 12.3 Å². The van der Waals surface area contributed by atoms with E-state index in [0.717, 1.165) is 68.6 Å². The summed E-state index contributed by atoms with van der Waals surface area (Å²) in [5, 5.41) is 14.9. The first-order chi connectivity index (χ1) is 17.5. The molecule has 2 heterocycles. The van der Waals surface area contributed by atoms with Crippen LogP contribution in [0.1, 0.15) is 50.2 Å². The Morgan fingerprint density at radius 2 is 1.92 bits per heavy atom. The minimum Gasteiger partial charge on any atom is -0.453 e. The van der Waals surface area contributed by atoms with E-state index in [1.54, 1.807) is 0 Å². The fourth-order valence-electron chi connectivity index (χ4n) is 5.07. The molecule has 2 aromatic carbocycles. The largest absolute Gasteiger partial charge is 0.453 e. The number of carbonyl (C=O) groups is 1. The highest BCUT2D eigenvalue weighted by Gasteiger charge is 2.39. The number of anilines is 1. The van der Waals surface area contributed by atoms with Gasteiger partial charge < -0.3 is 25.7 Å². The number of halogens is 2. The van der Waals surface area contributed by atoms with Crippen LogP contribution in [0.25, 0.3) is 5.57 Å². The van der Waals surface area contributed by atoms with Crippen LogP contribution in [0, 0.1) is 23.0 Å². The lowest BCUT2D eigenvalue weighted by Crippen LogP contribution is -2.43. The van der Waals surface area contributed by atoms with Crippen LogP contribution in [0.3, 0.4) is 0 Å². The second-order valence-corrected chi connectivity index (χ2v) is 9.92. The van der Waals surface area contributed by atoms with Crippen molar-refractivity contribution in [3.8, 4) is 11.5 Å². The number of benzene rings is 2. The lowest BCUT2D eigenvalue weighted by Gasteiger charge is -2.37. The Morgan fingerprint density at radius 3 is 2.61 bits per heavy atom. The molecule has 0 bridgehead atoms. The van der Waals surface area contributed by atoms with Crippen molar-refractivity contribution < 1.29 is 18.3 Å². The molecule has 0 aromatic heterocycles. The zero-order valence-corrected chi connectivity index (χ0v) is 20.4. The number of hydrogen-bond donors (Lipinski definition) is 3. The Balaban J connectivity index is 1.58. The van der Waals surface area contributed by atoms with E-state index in [9.17, 15) is 13.6 Å². The number of hydrogen-bond acceptors (Lipinski definition) is 5. The maximum atomic E-state index is 14.6. The number of fused-ring (bicyclic) bond motifs is 1. The van der Waals surface area contributed by atoms with Gasteiger partial charge in [-0.25, -0.2) is 8.78 Å². The van der Waals surface area contributed by atoms with Gasteiger partial charge in [0.2, 0.25) is 5.91 Å². The molecule has 190 valence electrons. The first-order valence-electron chi connectivity index (χ1n) is 12.8. The van der Waals surface area contributed by atoms with Crippen molar-refractivity contribution >= 4 is 23.4 Å². The molecule has 1 aliphatic carbocycles. The normalized spacial score (nSPS) is 20.6. The Bertz CT molecular complexity index is 1190. The molecule has 8 heteroatoms. The number of nitrogens with one attached hydrogen (secondary N) is 3. The molecule has 1 amide bonds. The van der Waals surface area contributed by atoms with Crippen molar-refractivity contribution in [1.82, 2.24) is 10.6 Å². The van der Waals surface area contributed by atoms with Crippen molar-refractivity contribution in [2.45, 2.75) is 57.5 Å². The zero-order chi connectivity index (χ0) is 25.2. The summed E-state index contributed by atoms with van der Waals surface area (Å²) in [6, 6.07) is 7.31. The minimum atomic E-state index is -0.804. The number of ether oxygens (including phenoxy) is 1. The van der Waals surface area contributed by atoms with Crippen LogP contribution >= 0.6 is 0 Å². The molecule has 2 aliphatic heterocycles. The zero-order valence-electron chi connectivity index (χ0n) is 20.4. The predicted octanol–water partition coefficient (Wildman–Crippen LogP) is 5.17. The number of allylic oxidation sites excluding steroid dienone is 1. The first-order valence-corrected chi connectivity index (χ1v) is 12.8. The van der Waals surface area contributed by atoms with Crippen LogP contribution in [0.15, 0.2) is 36.5 Å². The molecule has 0 radical (unpaired) electrons. The topological polar surface area (TPSA) is 77.5 Å². The fraction of sp³-hybridized carbons (Fsp3) is 0.429. The molecule has 1 saturated carbocycles. The Morgan fingerprint density at radius 1 is 1.14 bits per heavy atom. The van der Waals surface area contributed by atoms with Crippen LogP contribution < -0.4 is 20.3 Å². The van der Waals surface area contributed by atoms with Gasteiger partial charge in [0.1, 0.15) is 11.6 Å². The fourth-order valence-corrected chi connectivity index (χ4v) is 5.07. The summed E-state index contributed by atoms with van der Waals surface area (Å²) in [6.45, 7) is 3.92. The van der Waals surface area contributed by atoms with Gasteiger partial charge in [0, 0.05) is 53.2 Å². The molecule has 2 aromatic rings. The summed E-state index contributed by atoms with van der Waals surface area (Å²) in [6.07, 6.45) is 8.22. The highest BCUT2D eigenvalue weighted by molar-refractivity contribution is 6.10. The van der Waals surface area contributed by atoms with Gasteiger partial charge in [-0.2, -0.15) is 0 Å². The summed E-state index contributed by atoms with van der Waals surface area (Å²) >= 11 is 0. The van der Waals surface area contributed by atoms with Crippen molar-refractivity contribution in [3.63, 3.8) is 0 Å². The molecule has 3 N–H and O–H groups in total. The SMILES string of the molecule is C[C@H]1CCc2c(ccc(/C(C=N)=C/NC3CCNCC3)c2Oc2ccc(F)cc2F)N1C(=O)C1CC1. The molecule has 3 aliphatic rings. The second kappa shape index (κ2) is 10.4. The maximum absolute atomic E-state index is 14.6. The van der Waals surface area contributed by atoms with Crippen molar-refractivity contribution in [1.29, 1.82) is 5.41 Å². The van der Waals surface area contributed by atoms with E-state index in [4.69, 9.17) is 10.1 Å². The van der Waals surface area contributed by atoms with Gasteiger partial charge in [0.05, 0.1) is 5.69 Å². The number of piperidine rings is 1. The molecule has 1 saturated heterocycles. The molecule has 6 nitrogen and oxygen atoms in total. The summed E-state index contributed by atoms with van der Waals surface area (Å²) < 4.78 is 34.4. The van der Waals surface area contributed by atoms with Gasteiger partial charge in [-0.15, -0.1) is 0 Å². The summed E-state index contributed by atoms with van der Waals surface area (Å²) in [7, 11) is 0. The van der Waals surface area contributed by atoms with Gasteiger partial charge in [-0.1, -0.05) is 0 Å². The molecule has 5 rings (SSSR count). The lowest BCUT2D eigenvalue weighted by atomic mass is 9.91. The summed E-state index contributed by atoms with van der Waals surface area (Å²) in [5.74, 6) is -1.01. The number of carbonyl (C=O) groups excluding carboxylic acids is 1. The van der Waals surface area contributed by atoms with E-state index in [-0.39, 0.29) is 23.6 Å². The number of nitrogens with zero attached hydrogens (tertiary/aromatic N) is 1. The van der Waals surface area contributed by atoms with Crippen LogP contribution in [0.4, 0.5) is 14.5 Å². The average Bonchev–Trinajstić information content (AvgIpc) is 3.72. The van der Waals surface area contributed by atoms with Crippen molar-refractivity contribution in [3.05, 3.63) is 59.3 Å². The lowest BCUT2D eigenvalue weighted by molar-refractivity contribution is -0.120. The Hall–Kier alpha value is -3.26. The van der Waals surface area contributed by atoms with Crippen molar-refractivity contribution in [2.24, 2.45) is 5.92 Å². The molecular formula is C28H32F2N4O2. The highest BCUT2D eigenvalue weighted by atomic mass is 19.1.